The fraction of sp³-hybridized carbons (Fsp3) is 0.429. The first-order valence-electron chi connectivity index (χ1n) is 8.73. The Hall–Kier alpha value is -1.96. The molecule has 2 heteroatoms. The lowest BCUT2D eigenvalue weighted by Crippen LogP contribution is -2.09. The zero-order valence-electron chi connectivity index (χ0n) is 14.6. The molecule has 2 aromatic carbocycles. The Labute approximate surface area is 140 Å². The maximum Gasteiger partial charge on any atom is 0.119 e. The van der Waals surface area contributed by atoms with Gasteiger partial charge in [0.05, 0.1) is 7.11 Å². The van der Waals surface area contributed by atoms with Crippen LogP contribution in [0.25, 0.3) is 0 Å². The second kappa shape index (κ2) is 9.24. The molecule has 23 heavy (non-hydrogen) atoms. The molecule has 124 valence electrons. The van der Waals surface area contributed by atoms with Gasteiger partial charge in [0.15, 0.2) is 0 Å². The van der Waals surface area contributed by atoms with Gasteiger partial charge in [0.25, 0.3) is 0 Å². The normalized spacial score (nSPS) is 12.0. The standard InChI is InChI=1S/C21H29NO/c1-4-5-6-7-10-18-11-8-9-12-21(18)17(2)22-19-13-15-20(23-3)16-14-19/h8-9,11-17,22H,4-7,10H2,1-3H3. The molecule has 0 aliphatic rings. The molecule has 2 nitrogen and oxygen atoms in total. The highest BCUT2D eigenvalue weighted by Gasteiger charge is 2.10. The molecule has 1 atom stereocenters. The Balaban J connectivity index is 2.01. The molecule has 0 fully saturated rings. The van der Waals surface area contributed by atoms with Crippen LogP contribution < -0.4 is 10.1 Å². The van der Waals surface area contributed by atoms with Gasteiger partial charge in [-0.1, -0.05) is 50.5 Å². The van der Waals surface area contributed by atoms with Gasteiger partial charge in [0.2, 0.25) is 0 Å². The Morgan fingerprint density at radius 3 is 2.39 bits per heavy atom. The molecule has 1 unspecified atom stereocenters. The fourth-order valence-corrected chi connectivity index (χ4v) is 2.94. The van der Waals surface area contributed by atoms with Gasteiger partial charge in [-0.05, 0) is 55.2 Å². The number of hydrogen-bond donors (Lipinski definition) is 1. The number of hydrogen-bond acceptors (Lipinski definition) is 2. The Morgan fingerprint density at radius 2 is 1.70 bits per heavy atom. The van der Waals surface area contributed by atoms with Crippen LogP contribution in [0.3, 0.4) is 0 Å². The summed E-state index contributed by atoms with van der Waals surface area (Å²) >= 11 is 0. The molecular formula is C21H29NO. The molecule has 0 radical (unpaired) electrons. The van der Waals surface area contributed by atoms with Crippen molar-refractivity contribution < 1.29 is 4.74 Å². The highest BCUT2D eigenvalue weighted by atomic mass is 16.5. The average molecular weight is 311 g/mol. The summed E-state index contributed by atoms with van der Waals surface area (Å²) in [4.78, 5) is 0. The molecule has 0 bridgehead atoms. The van der Waals surface area contributed by atoms with Gasteiger partial charge in [0, 0.05) is 11.7 Å². The lowest BCUT2D eigenvalue weighted by molar-refractivity contribution is 0.415. The maximum atomic E-state index is 5.21. The lowest BCUT2D eigenvalue weighted by atomic mass is 9.96. The van der Waals surface area contributed by atoms with Gasteiger partial charge in [0.1, 0.15) is 5.75 Å². The number of anilines is 1. The number of rotatable bonds is 9. The van der Waals surface area contributed by atoms with Crippen LogP contribution in [0, 0.1) is 0 Å². The van der Waals surface area contributed by atoms with E-state index in [1.54, 1.807) is 7.11 Å². The van der Waals surface area contributed by atoms with Crippen molar-refractivity contribution in [3.8, 4) is 5.75 Å². The summed E-state index contributed by atoms with van der Waals surface area (Å²) < 4.78 is 5.21. The van der Waals surface area contributed by atoms with Crippen molar-refractivity contribution in [3.05, 3.63) is 59.7 Å². The van der Waals surface area contributed by atoms with E-state index < -0.39 is 0 Å². The molecule has 0 aliphatic heterocycles. The zero-order chi connectivity index (χ0) is 16.5. The van der Waals surface area contributed by atoms with Crippen LogP contribution in [0.4, 0.5) is 5.69 Å². The monoisotopic (exact) mass is 311 g/mol. The highest BCUT2D eigenvalue weighted by Crippen LogP contribution is 2.25. The number of benzene rings is 2. The van der Waals surface area contributed by atoms with Crippen molar-refractivity contribution in [2.24, 2.45) is 0 Å². The van der Waals surface area contributed by atoms with Crippen molar-refractivity contribution in [3.63, 3.8) is 0 Å². The number of ether oxygens (including phenoxy) is 1. The molecule has 0 spiro atoms. The van der Waals surface area contributed by atoms with E-state index in [2.05, 4.69) is 55.6 Å². The van der Waals surface area contributed by atoms with Crippen molar-refractivity contribution in [2.45, 2.75) is 52.0 Å². The van der Waals surface area contributed by atoms with Crippen LogP contribution in [0.5, 0.6) is 5.75 Å². The van der Waals surface area contributed by atoms with Gasteiger partial charge >= 0.3 is 0 Å². The molecule has 0 saturated carbocycles. The van der Waals surface area contributed by atoms with Crippen molar-refractivity contribution in [2.75, 3.05) is 12.4 Å². The van der Waals surface area contributed by atoms with E-state index in [0.717, 1.165) is 11.4 Å². The van der Waals surface area contributed by atoms with Gasteiger partial charge in [-0.2, -0.15) is 0 Å². The molecule has 0 saturated heterocycles. The molecule has 2 aromatic rings. The van der Waals surface area contributed by atoms with E-state index >= 15 is 0 Å². The second-order valence-electron chi connectivity index (χ2n) is 6.10. The first-order chi connectivity index (χ1) is 11.2. The number of methoxy groups -OCH3 is 1. The average Bonchev–Trinajstić information content (AvgIpc) is 2.59. The minimum Gasteiger partial charge on any atom is -0.497 e. The minimum atomic E-state index is 0.297. The van der Waals surface area contributed by atoms with Gasteiger partial charge in [-0.15, -0.1) is 0 Å². The quantitative estimate of drug-likeness (QED) is 0.574. The van der Waals surface area contributed by atoms with Crippen LogP contribution in [-0.4, -0.2) is 7.11 Å². The maximum absolute atomic E-state index is 5.21. The van der Waals surface area contributed by atoms with Crippen molar-refractivity contribution in [1.82, 2.24) is 0 Å². The smallest absolute Gasteiger partial charge is 0.119 e. The van der Waals surface area contributed by atoms with Crippen LogP contribution >= 0.6 is 0 Å². The van der Waals surface area contributed by atoms with Crippen LogP contribution in [0.1, 0.15) is 56.7 Å². The first kappa shape index (κ1) is 17.4. The molecule has 0 aromatic heterocycles. The Morgan fingerprint density at radius 1 is 0.957 bits per heavy atom. The van der Waals surface area contributed by atoms with E-state index in [1.807, 2.05) is 12.1 Å². The molecular weight excluding hydrogens is 282 g/mol. The summed E-state index contributed by atoms with van der Waals surface area (Å²) in [6.07, 6.45) is 6.40. The molecule has 0 heterocycles. The number of unbranched alkanes of at least 4 members (excludes halogenated alkanes) is 3. The SMILES string of the molecule is CCCCCCc1ccccc1C(C)Nc1ccc(OC)cc1. The number of aryl methyl sites for hydroxylation is 1. The van der Waals surface area contributed by atoms with Crippen LogP contribution in [-0.2, 0) is 6.42 Å². The fourth-order valence-electron chi connectivity index (χ4n) is 2.94. The summed E-state index contributed by atoms with van der Waals surface area (Å²) in [7, 11) is 1.69. The molecule has 2 rings (SSSR count). The van der Waals surface area contributed by atoms with E-state index in [9.17, 15) is 0 Å². The third-order valence-electron chi connectivity index (χ3n) is 4.29. The van der Waals surface area contributed by atoms with Crippen molar-refractivity contribution in [1.29, 1.82) is 0 Å². The van der Waals surface area contributed by atoms with Crippen LogP contribution in [0.2, 0.25) is 0 Å². The lowest BCUT2D eigenvalue weighted by Gasteiger charge is -2.19. The third kappa shape index (κ3) is 5.31. The van der Waals surface area contributed by atoms with E-state index in [4.69, 9.17) is 4.74 Å². The summed E-state index contributed by atoms with van der Waals surface area (Å²) in [6.45, 7) is 4.49. The third-order valence-corrected chi connectivity index (χ3v) is 4.29. The Kier molecular flexibility index (Phi) is 6.99. The molecule has 0 amide bonds. The van der Waals surface area contributed by atoms with E-state index in [1.165, 1.54) is 43.2 Å². The second-order valence-corrected chi connectivity index (χ2v) is 6.10. The molecule has 1 N–H and O–H groups in total. The summed E-state index contributed by atoms with van der Waals surface area (Å²) in [5.74, 6) is 0.888. The summed E-state index contributed by atoms with van der Waals surface area (Å²) in [6, 6.07) is 17.2. The topological polar surface area (TPSA) is 21.3 Å². The van der Waals surface area contributed by atoms with Crippen LogP contribution in [0.15, 0.2) is 48.5 Å². The van der Waals surface area contributed by atoms with Crippen molar-refractivity contribution >= 4 is 5.69 Å². The van der Waals surface area contributed by atoms with Gasteiger partial charge < -0.3 is 10.1 Å². The predicted molar refractivity (Wildman–Crippen MR) is 99.3 cm³/mol. The van der Waals surface area contributed by atoms with E-state index in [-0.39, 0.29) is 0 Å². The Bertz CT molecular complexity index is 577. The first-order valence-corrected chi connectivity index (χ1v) is 8.73. The largest absolute Gasteiger partial charge is 0.497 e. The molecule has 0 aliphatic carbocycles. The predicted octanol–water partition coefficient (Wildman–Crippen LogP) is 5.99. The summed E-state index contributed by atoms with van der Waals surface area (Å²) in [5, 5.41) is 3.60. The van der Waals surface area contributed by atoms with Gasteiger partial charge in [-0.25, -0.2) is 0 Å². The zero-order valence-corrected chi connectivity index (χ0v) is 14.6. The highest BCUT2D eigenvalue weighted by molar-refractivity contribution is 5.48. The van der Waals surface area contributed by atoms with Gasteiger partial charge in [-0.3, -0.25) is 0 Å². The van der Waals surface area contributed by atoms with E-state index in [0.29, 0.717) is 6.04 Å². The summed E-state index contributed by atoms with van der Waals surface area (Å²) in [5.41, 5.74) is 4.00. The minimum absolute atomic E-state index is 0.297. The number of nitrogens with one attached hydrogen (secondary N) is 1.